The van der Waals surface area contributed by atoms with Gasteiger partial charge in [-0.15, -0.1) is 0 Å². The zero-order valence-electron chi connectivity index (χ0n) is 20.3. The zero-order chi connectivity index (χ0) is 24.1. The van der Waals surface area contributed by atoms with E-state index >= 15 is 0 Å². The van der Waals surface area contributed by atoms with E-state index in [4.69, 9.17) is 0 Å². The van der Waals surface area contributed by atoms with Gasteiger partial charge in [-0.3, -0.25) is 9.35 Å². The highest BCUT2D eigenvalue weighted by atomic mass is 32.2. The lowest BCUT2D eigenvalue weighted by Gasteiger charge is -2.21. The Labute approximate surface area is 196 Å². The fraction of sp³-hybridized carbons (Fsp3) is 0.800. The third kappa shape index (κ3) is 20.7. The standard InChI is InChI=1S/C25H47NO5S/c1-3-5-7-9-11-12-13-15-16-18-20-24(27)23(22-32(29,30)31)26-25(28)21-19-17-14-10-8-6-4-2/h12-13,18,20,23-24,27H,3-11,14-17,19,21-22H2,1-2H3,(H,26,28)(H,29,30,31)/b13-12+,20-18+. The minimum atomic E-state index is -4.32. The van der Waals surface area contributed by atoms with E-state index in [1.54, 1.807) is 6.08 Å². The Kier molecular flexibility index (Phi) is 19.7. The van der Waals surface area contributed by atoms with E-state index in [9.17, 15) is 22.9 Å². The number of carbonyl (C=O) groups is 1. The average molecular weight is 474 g/mol. The van der Waals surface area contributed by atoms with Crippen LogP contribution in [0, 0.1) is 0 Å². The summed E-state index contributed by atoms with van der Waals surface area (Å²) in [5, 5.41) is 12.9. The van der Waals surface area contributed by atoms with Crippen LogP contribution in [-0.4, -0.2) is 41.9 Å². The maximum atomic E-state index is 12.2. The van der Waals surface area contributed by atoms with Gasteiger partial charge in [-0.05, 0) is 32.1 Å². The molecule has 32 heavy (non-hydrogen) atoms. The van der Waals surface area contributed by atoms with E-state index in [1.807, 2.05) is 0 Å². The van der Waals surface area contributed by atoms with Crippen LogP contribution in [0.15, 0.2) is 24.3 Å². The number of allylic oxidation sites excluding steroid dienone is 3. The molecule has 0 heterocycles. The fourth-order valence-electron chi connectivity index (χ4n) is 3.46. The van der Waals surface area contributed by atoms with Gasteiger partial charge in [0.05, 0.1) is 17.9 Å². The molecule has 2 unspecified atom stereocenters. The number of amides is 1. The highest BCUT2D eigenvalue weighted by molar-refractivity contribution is 7.85. The molecule has 0 saturated carbocycles. The van der Waals surface area contributed by atoms with Gasteiger partial charge in [0.1, 0.15) is 0 Å². The van der Waals surface area contributed by atoms with Gasteiger partial charge in [0.25, 0.3) is 10.1 Å². The molecule has 0 aliphatic carbocycles. The Bertz CT molecular complexity index is 616. The first-order chi connectivity index (χ1) is 15.3. The molecule has 0 aliphatic heterocycles. The van der Waals surface area contributed by atoms with Crippen molar-refractivity contribution in [3.63, 3.8) is 0 Å². The molecule has 0 saturated heterocycles. The van der Waals surface area contributed by atoms with Gasteiger partial charge >= 0.3 is 0 Å². The van der Waals surface area contributed by atoms with Crippen molar-refractivity contribution in [3.8, 4) is 0 Å². The van der Waals surface area contributed by atoms with Crippen LogP contribution >= 0.6 is 0 Å². The minimum Gasteiger partial charge on any atom is -0.387 e. The molecule has 1 amide bonds. The molecule has 0 aromatic rings. The summed E-state index contributed by atoms with van der Waals surface area (Å²) in [7, 11) is -4.32. The topological polar surface area (TPSA) is 104 Å². The smallest absolute Gasteiger partial charge is 0.267 e. The first-order valence-electron chi connectivity index (χ1n) is 12.5. The summed E-state index contributed by atoms with van der Waals surface area (Å²) < 4.78 is 31.8. The van der Waals surface area contributed by atoms with Crippen molar-refractivity contribution in [1.82, 2.24) is 5.32 Å². The summed E-state index contributed by atoms with van der Waals surface area (Å²) in [5.74, 6) is -1.01. The van der Waals surface area contributed by atoms with Crippen LogP contribution in [0.2, 0.25) is 0 Å². The van der Waals surface area contributed by atoms with E-state index in [2.05, 4.69) is 31.3 Å². The molecule has 0 aromatic heterocycles. The van der Waals surface area contributed by atoms with Gasteiger partial charge in [0.15, 0.2) is 0 Å². The minimum absolute atomic E-state index is 0.287. The largest absolute Gasteiger partial charge is 0.387 e. The molecule has 3 N–H and O–H groups in total. The van der Waals surface area contributed by atoms with Crippen LogP contribution < -0.4 is 5.32 Å². The normalized spacial score (nSPS) is 14.2. The van der Waals surface area contributed by atoms with Crippen LogP contribution in [0.4, 0.5) is 0 Å². The van der Waals surface area contributed by atoms with Crippen molar-refractivity contribution in [1.29, 1.82) is 0 Å². The number of unbranched alkanes of at least 4 members (excludes halogenated alkanes) is 11. The SMILES string of the molecule is CCCCCC/C=C/CC/C=C/C(O)C(CS(=O)(=O)O)NC(=O)CCCCCCCCC. The van der Waals surface area contributed by atoms with Crippen LogP contribution in [-0.2, 0) is 14.9 Å². The molecule has 6 nitrogen and oxygen atoms in total. The summed E-state index contributed by atoms with van der Waals surface area (Å²) in [6, 6.07) is -1.06. The number of hydrogen-bond donors (Lipinski definition) is 3. The van der Waals surface area contributed by atoms with Crippen molar-refractivity contribution in [3.05, 3.63) is 24.3 Å². The Hall–Kier alpha value is -1.18. The molecule has 0 radical (unpaired) electrons. The van der Waals surface area contributed by atoms with Crippen LogP contribution in [0.1, 0.15) is 110 Å². The summed E-state index contributed by atoms with van der Waals surface area (Å²) in [4.78, 5) is 12.2. The Morgan fingerprint density at radius 3 is 1.97 bits per heavy atom. The number of carbonyl (C=O) groups excluding carboxylic acids is 1. The van der Waals surface area contributed by atoms with E-state index in [1.165, 1.54) is 57.4 Å². The summed E-state index contributed by atoms with van der Waals surface area (Å²) >= 11 is 0. The molecule has 0 aromatic carbocycles. The lowest BCUT2D eigenvalue weighted by atomic mass is 10.1. The van der Waals surface area contributed by atoms with Crippen LogP contribution in [0.5, 0.6) is 0 Å². The van der Waals surface area contributed by atoms with E-state index in [0.717, 1.165) is 32.1 Å². The van der Waals surface area contributed by atoms with Crippen LogP contribution in [0.25, 0.3) is 0 Å². The molecule has 188 valence electrons. The highest BCUT2D eigenvalue weighted by Gasteiger charge is 2.24. The Morgan fingerprint density at radius 2 is 1.34 bits per heavy atom. The third-order valence-electron chi connectivity index (χ3n) is 5.38. The Morgan fingerprint density at radius 1 is 0.812 bits per heavy atom. The van der Waals surface area contributed by atoms with Gasteiger partial charge < -0.3 is 10.4 Å². The van der Waals surface area contributed by atoms with E-state index in [-0.39, 0.29) is 12.3 Å². The third-order valence-corrected chi connectivity index (χ3v) is 6.16. The fourth-order valence-corrected chi connectivity index (χ4v) is 4.20. The molecule has 7 heteroatoms. The maximum Gasteiger partial charge on any atom is 0.267 e. The predicted octanol–water partition coefficient (Wildman–Crippen LogP) is 5.72. The molecule has 0 rings (SSSR count). The van der Waals surface area contributed by atoms with Gasteiger partial charge in [-0.2, -0.15) is 8.42 Å². The molecular weight excluding hydrogens is 426 g/mol. The van der Waals surface area contributed by atoms with Gasteiger partial charge in [-0.1, -0.05) is 95.9 Å². The zero-order valence-corrected chi connectivity index (χ0v) is 21.1. The monoisotopic (exact) mass is 473 g/mol. The second-order valence-corrected chi connectivity index (χ2v) is 10.1. The van der Waals surface area contributed by atoms with Gasteiger partial charge in [-0.25, -0.2) is 0 Å². The molecule has 0 fully saturated rings. The molecular formula is C25H47NO5S. The van der Waals surface area contributed by atoms with Crippen molar-refractivity contribution in [2.45, 2.75) is 122 Å². The van der Waals surface area contributed by atoms with Crippen molar-refractivity contribution in [2.24, 2.45) is 0 Å². The Balaban J connectivity index is 4.33. The number of aliphatic hydroxyl groups is 1. The quantitative estimate of drug-likeness (QED) is 0.112. The number of nitrogens with one attached hydrogen (secondary N) is 1. The van der Waals surface area contributed by atoms with Crippen molar-refractivity contribution in [2.75, 3.05) is 5.75 Å². The molecule has 0 aliphatic rings. The predicted molar refractivity (Wildman–Crippen MR) is 133 cm³/mol. The number of hydrogen-bond acceptors (Lipinski definition) is 4. The van der Waals surface area contributed by atoms with Crippen molar-refractivity contribution < 1.29 is 22.9 Å². The molecule has 2 atom stereocenters. The van der Waals surface area contributed by atoms with E-state index in [0.29, 0.717) is 6.42 Å². The van der Waals surface area contributed by atoms with Crippen molar-refractivity contribution >= 4 is 16.0 Å². The van der Waals surface area contributed by atoms with Crippen LogP contribution in [0.3, 0.4) is 0 Å². The lowest BCUT2D eigenvalue weighted by Crippen LogP contribution is -2.46. The summed E-state index contributed by atoms with van der Waals surface area (Å²) in [6.07, 6.45) is 21.9. The summed E-state index contributed by atoms with van der Waals surface area (Å²) in [6.45, 7) is 4.36. The first-order valence-corrected chi connectivity index (χ1v) is 14.1. The van der Waals surface area contributed by atoms with E-state index < -0.39 is 28.0 Å². The highest BCUT2D eigenvalue weighted by Crippen LogP contribution is 2.09. The maximum absolute atomic E-state index is 12.2. The van der Waals surface area contributed by atoms with Gasteiger partial charge in [0, 0.05) is 6.42 Å². The second-order valence-electron chi connectivity index (χ2n) is 8.61. The second kappa shape index (κ2) is 20.4. The van der Waals surface area contributed by atoms with Gasteiger partial charge in [0.2, 0.25) is 5.91 Å². The molecule has 0 bridgehead atoms. The number of rotatable bonds is 21. The first kappa shape index (κ1) is 30.8. The summed E-state index contributed by atoms with van der Waals surface area (Å²) in [5.41, 5.74) is 0. The lowest BCUT2D eigenvalue weighted by molar-refractivity contribution is -0.122. The molecule has 0 spiro atoms. The average Bonchev–Trinajstić information content (AvgIpc) is 2.72. The number of aliphatic hydroxyl groups excluding tert-OH is 1.